The van der Waals surface area contributed by atoms with Crippen LogP contribution in [-0.4, -0.2) is 28.1 Å². The number of benzene rings is 2. The van der Waals surface area contributed by atoms with Crippen molar-refractivity contribution in [2.45, 2.75) is 17.3 Å². The second-order valence-electron chi connectivity index (χ2n) is 5.32. The highest BCUT2D eigenvalue weighted by Gasteiger charge is 2.18. The number of aromatic nitrogens is 2. The highest BCUT2D eigenvalue weighted by molar-refractivity contribution is 8.00. The van der Waals surface area contributed by atoms with Crippen molar-refractivity contribution in [3.63, 3.8) is 0 Å². The number of hydrogen-bond donors (Lipinski definition) is 1. The van der Waals surface area contributed by atoms with E-state index in [-0.39, 0.29) is 11.0 Å². The van der Waals surface area contributed by atoms with E-state index in [0.29, 0.717) is 5.56 Å². The molecule has 0 aliphatic rings. The van der Waals surface area contributed by atoms with Crippen molar-refractivity contribution in [3.05, 3.63) is 66.4 Å². The molecular weight excluding hydrogens is 320 g/mol. The van der Waals surface area contributed by atoms with Crippen LogP contribution in [0.2, 0.25) is 0 Å². The van der Waals surface area contributed by atoms with Crippen molar-refractivity contribution in [3.8, 4) is 17.0 Å². The number of H-pyrrole nitrogens is 1. The van der Waals surface area contributed by atoms with Gasteiger partial charge in [-0.1, -0.05) is 42.1 Å². The number of imidazole rings is 1. The van der Waals surface area contributed by atoms with Crippen molar-refractivity contribution in [1.29, 1.82) is 0 Å². The molecule has 1 atom stereocenters. The quantitative estimate of drug-likeness (QED) is 0.533. The van der Waals surface area contributed by atoms with E-state index in [2.05, 4.69) is 9.97 Å². The fourth-order valence-electron chi connectivity index (χ4n) is 2.34. The summed E-state index contributed by atoms with van der Waals surface area (Å²) in [7, 11) is 1.61. The number of carbonyl (C=O) groups excluding carboxylic acids is 1. The standard InChI is InChI=1S/C19H18N2O2S/c1-13(18(22)15-8-10-16(23-2)11-9-15)24-19-20-12-17(21-19)14-6-4-3-5-7-14/h3-13H,1-2H3,(H,20,21)/t13-/m0/s1. The van der Waals surface area contributed by atoms with Crippen LogP contribution in [0, 0.1) is 0 Å². The average molecular weight is 338 g/mol. The Morgan fingerprint density at radius 2 is 1.83 bits per heavy atom. The van der Waals surface area contributed by atoms with E-state index in [1.54, 1.807) is 37.6 Å². The molecule has 1 aromatic heterocycles. The molecule has 0 spiro atoms. The van der Waals surface area contributed by atoms with Gasteiger partial charge in [0.05, 0.1) is 24.3 Å². The molecular formula is C19H18N2O2S. The van der Waals surface area contributed by atoms with E-state index < -0.39 is 0 Å². The van der Waals surface area contributed by atoms with Gasteiger partial charge in [-0.2, -0.15) is 0 Å². The fraction of sp³-hybridized carbons (Fsp3) is 0.158. The summed E-state index contributed by atoms with van der Waals surface area (Å²) in [5.74, 6) is 0.811. The summed E-state index contributed by atoms with van der Waals surface area (Å²) in [6.07, 6.45) is 1.79. The van der Waals surface area contributed by atoms with Crippen LogP contribution in [0.15, 0.2) is 66.0 Å². The molecule has 4 nitrogen and oxygen atoms in total. The lowest BCUT2D eigenvalue weighted by atomic mass is 10.1. The normalized spacial score (nSPS) is 11.9. The SMILES string of the molecule is COc1ccc(C(=O)[C@H](C)Sc2ncc(-c3ccccc3)[nH]2)cc1. The molecule has 0 fully saturated rings. The van der Waals surface area contributed by atoms with Gasteiger partial charge in [-0.15, -0.1) is 0 Å². The van der Waals surface area contributed by atoms with Crippen LogP contribution in [-0.2, 0) is 0 Å². The van der Waals surface area contributed by atoms with Crippen LogP contribution in [0.1, 0.15) is 17.3 Å². The molecule has 122 valence electrons. The van der Waals surface area contributed by atoms with Crippen LogP contribution in [0.4, 0.5) is 0 Å². The zero-order valence-electron chi connectivity index (χ0n) is 13.5. The Balaban J connectivity index is 1.69. The molecule has 5 heteroatoms. The Hall–Kier alpha value is -2.53. The maximum atomic E-state index is 12.5. The highest BCUT2D eigenvalue weighted by atomic mass is 32.2. The predicted molar refractivity (Wildman–Crippen MR) is 96.7 cm³/mol. The molecule has 0 aliphatic heterocycles. The molecule has 0 saturated carbocycles. The lowest BCUT2D eigenvalue weighted by Gasteiger charge is -2.09. The Labute approximate surface area is 145 Å². The molecule has 1 heterocycles. The Morgan fingerprint density at radius 1 is 1.12 bits per heavy atom. The van der Waals surface area contributed by atoms with E-state index in [9.17, 15) is 4.79 Å². The zero-order valence-corrected chi connectivity index (χ0v) is 14.3. The summed E-state index contributed by atoms with van der Waals surface area (Å²) >= 11 is 1.42. The van der Waals surface area contributed by atoms with Gasteiger partial charge in [0, 0.05) is 5.56 Å². The molecule has 0 bridgehead atoms. The van der Waals surface area contributed by atoms with Gasteiger partial charge in [0.15, 0.2) is 10.9 Å². The largest absolute Gasteiger partial charge is 0.497 e. The van der Waals surface area contributed by atoms with Gasteiger partial charge in [0.2, 0.25) is 0 Å². The van der Waals surface area contributed by atoms with E-state index in [4.69, 9.17) is 4.74 Å². The van der Waals surface area contributed by atoms with Crippen LogP contribution < -0.4 is 4.74 Å². The van der Waals surface area contributed by atoms with Gasteiger partial charge in [0.25, 0.3) is 0 Å². The minimum absolute atomic E-state index is 0.0697. The van der Waals surface area contributed by atoms with Crippen LogP contribution in [0.25, 0.3) is 11.3 Å². The minimum atomic E-state index is -0.229. The van der Waals surface area contributed by atoms with Gasteiger partial charge in [0.1, 0.15) is 5.75 Å². The minimum Gasteiger partial charge on any atom is -0.497 e. The average Bonchev–Trinajstić information content (AvgIpc) is 3.10. The third-order valence-corrected chi connectivity index (χ3v) is 4.67. The van der Waals surface area contributed by atoms with Gasteiger partial charge in [-0.3, -0.25) is 4.79 Å². The molecule has 3 rings (SSSR count). The van der Waals surface area contributed by atoms with Crippen molar-refractivity contribution in [2.75, 3.05) is 7.11 Å². The first-order chi connectivity index (χ1) is 11.7. The number of methoxy groups -OCH3 is 1. The van der Waals surface area contributed by atoms with E-state index in [1.807, 2.05) is 37.3 Å². The van der Waals surface area contributed by atoms with Crippen molar-refractivity contribution < 1.29 is 9.53 Å². The molecule has 1 N–H and O–H groups in total. The summed E-state index contributed by atoms with van der Waals surface area (Å²) in [6.45, 7) is 1.89. The first-order valence-corrected chi connectivity index (χ1v) is 8.50. The van der Waals surface area contributed by atoms with Crippen LogP contribution >= 0.6 is 11.8 Å². The first kappa shape index (κ1) is 16.3. The maximum Gasteiger partial charge on any atom is 0.175 e. The van der Waals surface area contributed by atoms with Crippen LogP contribution in [0.5, 0.6) is 5.75 Å². The summed E-state index contributed by atoms with van der Waals surface area (Å²) in [4.78, 5) is 20.2. The number of aromatic amines is 1. The number of nitrogens with zero attached hydrogens (tertiary/aromatic N) is 1. The molecule has 2 aromatic carbocycles. The molecule has 24 heavy (non-hydrogen) atoms. The number of nitrogens with one attached hydrogen (secondary N) is 1. The smallest absolute Gasteiger partial charge is 0.175 e. The van der Waals surface area contributed by atoms with Gasteiger partial charge in [-0.25, -0.2) is 4.98 Å². The lowest BCUT2D eigenvalue weighted by molar-refractivity contribution is 0.0994. The number of rotatable bonds is 6. The van der Waals surface area contributed by atoms with E-state index in [1.165, 1.54) is 11.8 Å². The second kappa shape index (κ2) is 7.36. The molecule has 0 saturated heterocycles. The van der Waals surface area contributed by atoms with Gasteiger partial charge >= 0.3 is 0 Å². The van der Waals surface area contributed by atoms with Crippen molar-refractivity contribution in [1.82, 2.24) is 9.97 Å². The fourth-order valence-corrected chi connectivity index (χ4v) is 3.20. The number of thioether (sulfide) groups is 1. The summed E-state index contributed by atoms with van der Waals surface area (Å²) in [5.41, 5.74) is 2.69. The maximum absolute atomic E-state index is 12.5. The summed E-state index contributed by atoms with van der Waals surface area (Å²) in [5, 5.41) is 0.511. The summed E-state index contributed by atoms with van der Waals surface area (Å²) < 4.78 is 5.12. The third-order valence-electron chi connectivity index (χ3n) is 3.67. The second-order valence-corrected chi connectivity index (χ2v) is 6.65. The molecule has 0 unspecified atom stereocenters. The predicted octanol–water partition coefficient (Wildman–Crippen LogP) is 4.45. The van der Waals surface area contributed by atoms with Crippen molar-refractivity contribution >= 4 is 17.5 Å². The highest BCUT2D eigenvalue weighted by Crippen LogP contribution is 2.26. The third kappa shape index (κ3) is 3.68. The van der Waals surface area contributed by atoms with Crippen LogP contribution in [0.3, 0.4) is 0 Å². The molecule has 0 aliphatic carbocycles. The van der Waals surface area contributed by atoms with Gasteiger partial charge < -0.3 is 9.72 Å². The van der Waals surface area contributed by atoms with Gasteiger partial charge in [-0.05, 0) is 36.8 Å². The Bertz CT molecular complexity index is 813. The van der Waals surface area contributed by atoms with Crippen molar-refractivity contribution in [2.24, 2.45) is 0 Å². The monoisotopic (exact) mass is 338 g/mol. The number of ether oxygens (including phenoxy) is 1. The molecule has 0 radical (unpaired) electrons. The molecule has 3 aromatic rings. The van der Waals surface area contributed by atoms with E-state index in [0.717, 1.165) is 22.2 Å². The molecule has 0 amide bonds. The number of Topliss-reactive ketones (excluding diaryl/α,β-unsaturated/α-hetero) is 1. The zero-order chi connectivity index (χ0) is 16.9. The lowest BCUT2D eigenvalue weighted by Crippen LogP contribution is -2.13. The number of ketones is 1. The Kier molecular flexibility index (Phi) is 5.01. The number of hydrogen-bond acceptors (Lipinski definition) is 4. The first-order valence-electron chi connectivity index (χ1n) is 7.62. The van der Waals surface area contributed by atoms with E-state index >= 15 is 0 Å². The number of carbonyl (C=O) groups is 1. The topological polar surface area (TPSA) is 55.0 Å². The Morgan fingerprint density at radius 3 is 2.50 bits per heavy atom. The summed E-state index contributed by atoms with van der Waals surface area (Å²) in [6, 6.07) is 17.2.